The fraction of sp³-hybridized carbons (Fsp3) is 0.300. The fourth-order valence-corrected chi connectivity index (χ4v) is 1.34. The van der Waals surface area contributed by atoms with Crippen molar-refractivity contribution < 1.29 is 4.79 Å². The largest absolute Gasteiger partial charge is 0.300 e. The van der Waals surface area contributed by atoms with Gasteiger partial charge in [0.25, 0.3) is 0 Å². The van der Waals surface area contributed by atoms with Gasteiger partial charge in [0, 0.05) is 11.3 Å². The van der Waals surface area contributed by atoms with Gasteiger partial charge in [-0.1, -0.05) is 17.7 Å². The molecule has 0 unspecified atom stereocenters. The van der Waals surface area contributed by atoms with Crippen LogP contribution >= 0.6 is 12.6 Å². The van der Waals surface area contributed by atoms with Crippen LogP contribution in [-0.2, 0) is 11.2 Å². The quantitative estimate of drug-likeness (QED) is 0.692. The molecular weight excluding hydrogens is 168 g/mol. The maximum Gasteiger partial charge on any atom is 0.134 e. The topological polar surface area (TPSA) is 17.1 Å². The van der Waals surface area contributed by atoms with Crippen LogP contribution in [0.4, 0.5) is 0 Å². The van der Waals surface area contributed by atoms with E-state index in [-0.39, 0.29) is 5.78 Å². The lowest BCUT2D eigenvalue weighted by molar-refractivity contribution is -0.116. The molecule has 0 saturated carbocycles. The standard InChI is InChI=1S/C10H12OS/c1-7-3-4-10(12)9(5-7)6-8(2)11/h3-5,12H,6H2,1-2H3. The van der Waals surface area contributed by atoms with Crippen molar-refractivity contribution in [2.75, 3.05) is 0 Å². The van der Waals surface area contributed by atoms with Gasteiger partial charge in [-0.2, -0.15) is 0 Å². The van der Waals surface area contributed by atoms with Crippen molar-refractivity contribution >= 4 is 18.4 Å². The van der Waals surface area contributed by atoms with Crippen molar-refractivity contribution in [3.8, 4) is 0 Å². The Bertz CT molecular complexity index is 305. The van der Waals surface area contributed by atoms with E-state index in [0.29, 0.717) is 6.42 Å². The highest BCUT2D eigenvalue weighted by Crippen LogP contribution is 2.16. The van der Waals surface area contributed by atoms with Crippen LogP contribution < -0.4 is 0 Å². The van der Waals surface area contributed by atoms with Crippen LogP contribution in [0.5, 0.6) is 0 Å². The molecule has 0 atom stereocenters. The van der Waals surface area contributed by atoms with E-state index in [2.05, 4.69) is 12.6 Å². The Kier molecular flexibility index (Phi) is 2.93. The summed E-state index contributed by atoms with van der Waals surface area (Å²) < 4.78 is 0. The number of carbonyl (C=O) groups excluding carboxylic acids is 1. The Balaban J connectivity index is 2.97. The molecule has 1 aromatic rings. The van der Waals surface area contributed by atoms with Crippen LogP contribution in [0.15, 0.2) is 23.1 Å². The lowest BCUT2D eigenvalue weighted by atomic mass is 10.1. The molecule has 0 radical (unpaired) electrons. The van der Waals surface area contributed by atoms with Gasteiger partial charge in [0.05, 0.1) is 0 Å². The molecule has 2 heteroatoms. The molecule has 1 rings (SSSR count). The fourth-order valence-electron chi connectivity index (χ4n) is 1.12. The normalized spacial score (nSPS) is 9.92. The van der Waals surface area contributed by atoms with Crippen LogP contribution in [0.2, 0.25) is 0 Å². The zero-order valence-corrected chi connectivity index (χ0v) is 8.19. The Morgan fingerprint density at radius 2 is 2.17 bits per heavy atom. The number of rotatable bonds is 2. The van der Waals surface area contributed by atoms with Gasteiger partial charge in [0.1, 0.15) is 5.78 Å². The number of Topliss-reactive ketones (excluding diaryl/α,β-unsaturated/α-hetero) is 1. The van der Waals surface area contributed by atoms with Crippen LogP contribution in [0, 0.1) is 6.92 Å². The Labute approximate surface area is 78.2 Å². The molecule has 0 aliphatic rings. The van der Waals surface area contributed by atoms with Crippen LogP contribution in [0.25, 0.3) is 0 Å². The van der Waals surface area contributed by atoms with Gasteiger partial charge in [-0.25, -0.2) is 0 Å². The Morgan fingerprint density at radius 3 is 2.75 bits per heavy atom. The summed E-state index contributed by atoms with van der Waals surface area (Å²) in [6, 6.07) is 5.92. The van der Waals surface area contributed by atoms with Crippen LogP contribution in [0.3, 0.4) is 0 Å². The third-order valence-corrected chi connectivity index (χ3v) is 2.11. The number of aryl methyl sites for hydroxylation is 1. The molecule has 0 saturated heterocycles. The highest BCUT2D eigenvalue weighted by atomic mass is 32.1. The number of hydrogen-bond donors (Lipinski definition) is 1. The van der Waals surface area contributed by atoms with E-state index in [1.54, 1.807) is 6.92 Å². The lowest BCUT2D eigenvalue weighted by Gasteiger charge is -2.03. The molecular formula is C10H12OS. The van der Waals surface area contributed by atoms with E-state index < -0.39 is 0 Å². The second-order valence-electron chi connectivity index (χ2n) is 3.01. The van der Waals surface area contributed by atoms with Crippen LogP contribution in [0.1, 0.15) is 18.1 Å². The number of carbonyl (C=O) groups is 1. The smallest absolute Gasteiger partial charge is 0.134 e. The second kappa shape index (κ2) is 3.76. The lowest BCUT2D eigenvalue weighted by Crippen LogP contribution is -1.97. The Morgan fingerprint density at radius 1 is 1.50 bits per heavy atom. The minimum atomic E-state index is 0.177. The van der Waals surface area contributed by atoms with Gasteiger partial charge < -0.3 is 0 Å². The minimum absolute atomic E-state index is 0.177. The SMILES string of the molecule is CC(=O)Cc1cc(C)ccc1S. The van der Waals surface area contributed by atoms with Gasteiger partial charge in [-0.05, 0) is 25.5 Å². The van der Waals surface area contributed by atoms with Gasteiger partial charge in [0.2, 0.25) is 0 Å². The summed E-state index contributed by atoms with van der Waals surface area (Å²) in [5, 5.41) is 0. The number of hydrogen-bond acceptors (Lipinski definition) is 2. The average Bonchev–Trinajstić information content (AvgIpc) is 1.96. The first-order chi connectivity index (χ1) is 5.59. The molecule has 64 valence electrons. The molecule has 1 nitrogen and oxygen atoms in total. The predicted molar refractivity (Wildman–Crippen MR) is 52.8 cm³/mol. The van der Waals surface area contributed by atoms with Crippen molar-refractivity contribution in [3.05, 3.63) is 29.3 Å². The zero-order chi connectivity index (χ0) is 9.14. The van der Waals surface area contributed by atoms with Crippen molar-refractivity contribution in [1.82, 2.24) is 0 Å². The van der Waals surface area contributed by atoms with Gasteiger partial charge in [-0.15, -0.1) is 12.6 Å². The maximum atomic E-state index is 10.8. The summed E-state index contributed by atoms with van der Waals surface area (Å²) >= 11 is 4.27. The van der Waals surface area contributed by atoms with E-state index in [1.165, 1.54) is 5.56 Å². The monoisotopic (exact) mass is 180 g/mol. The van der Waals surface area contributed by atoms with Crippen molar-refractivity contribution in [3.63, 3.8) is 0 Å². The number of ketones is 1. The predicted octanol–water partition coefficient (Wildman–Crippen LogP) is 2.42. The van der Waals surface area contributed by atoms with E-state index in [1.807, 2.05) is 25.1 Å². The van der Waals surface area contributed by atoms with Crippen molar-refractivity contribution in [2.24, 2.45) is 0 Å². The third kappa shape index (κ3) is 2.38. The first kappa shape index (κ1) is 9.33. The molecule has 0 aromatic heterocycles. The summed E-state index contributed by atoms with van der Waals surface area (Å²) in [5.74, 6) is 0.177. The van der Waals surface area contributed by atoms with Crippen molar-refractivity contribution in [1.29, 1.82) is 0 Å². The first-order valence-corrected chi connectivity index (χ1v) is 4.32. The van der Waals surface area contributed by atoms with E-state index in [0.717, 1.165) is 10.5 Å². The molecule has 0 bridgehead atoms. The van der Waals surface area contributed by atoms with E-state index >= 15 is 0 Å². The highest BCUT2D eigenvalue weighted by Gasteiger charge is 2.01. The number of thiol groups is 1. The minimum Gasteiger partial charge on any atom is -0.300 e. The average molecular weight is 180 g/mol. The van der Waals surface area contributed by atoms with E-state index in [9.17, 15) is 4.79 Å². The van der Waals surface area contributed by atoms with Gasteiger partial charge in [0.15, 0.2) is 0 Å². The molecule has 0 N–H and O–H groups in total. The summed E-state index contributed by atoms with van der Waals surface area (Å²) in [6.07, 6.45) is 0.487. The zero-order valence-electron chi connectivity index (χ0n) is 7.29. The van der Waals surface area contributed by atoms with Gasteiger partial charge >= 0.3 is 0 Å². The molecule has 0 heterocycles. The van der Waals surface area contributed by atoms with Gasteiger partial charge in [-0.3, -0.25) is 4.79 Å². The molecule has 12 heavy (non-hydrogen) atoms. The molecule has 0 fully saturated rings. The summed E-state index contributed by atoms with van der Waals surface area (Å²) in [5.41, 5.74) is 2.19. The summed E-state index contributed by atoms with van der Waals surface area (Å²) in [7, 11) is 0. The maximum absolute atomic E-state index is 10.8. The summed E-state index contributed by atoms with van der Waals surface area (Å²) in [4.78, 5) is 11.7. The molecule has 0 aliphatic heterocycles. The first-order valence-electron chi connectivity index (χ1n) is 3.87. The third-order valence-electron chi connectivity index (χ3n) is 1.67. The molecule has 1 aromatic carbocycles. The second-order valence-corrected chi connectivity index (χ2v) is 3.49. The van der Waals surface area contributed by atoms with E-state index in [4.69, 9.17) is 0 Å². The highest BCUT2D eigenvalue weighted by molar-refractivity contribution is 7.80. The summed E-state index contributed by atoms with van der Waals surface area (Å²) in [6.45, 7) is 3.60. The Hall–Kier alpha value is -0.760. The molecule has 0 amide bonds. The van der Waals surface area contributed by atoms with Crippen molar-refractivity contribution in [2.45, 2.75) is 25.2 Å². The van der Waals surface area contributed by atoms with Crippen LogP contribution in [-0.4, -0.2) is 5.78 Å². The molecule has 0 spiro atoms. The number of benzene rings is 1. The molecule has 0 aliphatic carbocycles.